The normalized spacial score (nSPS) is 37.5. The molecule has 3 atom stereocenters. The predicted octanol–water partition coefficient (Wildman–Crippen LogP) is 1.29. The molecule has 1 heterocycles. The van der Waals surface area contributed by atoms with Crippen LogP contribution >= 0.6 is 0 Å². The lowest BCUT2D eigenvalue weighted by Gasteiger charge is -2.27. The quantitative estimate of drug-likeness (QED) is 0.798. The fourth-order valence-corrected chi connectivity index (χ4v) is 4.10. The number of rotatable bonds is 4. The van der Waals surface area contributed by atoms with E-state index < -0.39 is 0 Å². The third kappa shape index (κ3) is 2.71. The van der Waals surface area contributed by atoms with E-state index in [4.69, 9.17) is 0 Å². The zero-order chi connectivity index (χ0) is 11.7. The molecular formula is C14H24N2O. The highest BCUT2D eigenvalue weighted by atomic mass is 16.1. The number of ketones is 1. The van der Waals surface area contributed by atoms with Crippen molar-refractivity contribution in [1.82, 2.24) is 10.2 Å². The molecule has 2 aliphatic carbocycles. The molecule has 0 aromatic rings. The minimum atomic E-state index is 0.490. The van der Waals surface area contributed by atoms with Crippen molar-refractivity contribution in [3.8, 4) is 0 Å². The second kappa shape index (κ2) is 5.07. The summed E-state index contributed by atoms with van der Waals surface area (Å²) in [5, 5.41) is 3.33. The highest BCUT2D eigenvalue weighted by molar-refractivity contribution is 5.80. The first-order valence-corrected chi connectivity index (χ1v) is 7.26. The Morgan fingerprint density at radius 1 is 1.18 bits per heavy atom. The van der Waals surface area contributed by atoms with Crippen molar-refractivity contribution in [2.24, 2.45) is 17.8 Å². The second-order valence-electron chi connectivity index (χ2n) is 6.20. The first-order valence-electron chi connectivity index (χ1n) is 7.26. The van der Waals surface area contributed by atoms with E-state index in [0.717, 1.165) is 50.4 Å². The number of carbonyl (C=O) groups is 1. The molecule has 17 heavy (non-hydrogen) atoms. The summed E-state index contributed by atoms with van der Waals surface area (Å²) in [5.41, 5.74) is 0. The minimum Gasteiger partial charge on any atom is -0.314 e. The predicted molar refractivity (Wildman–Crippen MR) is 67.9 cm³/mol. The largest absolute Gasteiger partial charge is 0.314 e. The molecule has 3 rings (SSSR count). The van der Waals surface area contributed by atoms with Crippen LogP contribution in [0.5, 0.6) is 0 Å². The lowest BCUT2D eigenvalue weighted by Crippen LogP contribution is -2.45. The standard InChI is InChI=1S/C14H24N2O/c17-14(10-16-5-3-15-4-6-16)9-13-8-11-1-2-12(13)7-11/h11-13,15H,1-10H2. The van der Waals surface area contributed by atoms with Gasteiger partial charge in [-0.05, 0) is 37.0 Å². The third-order valence-electron chi connectivity index (χ3n) is 4.98. The molecule has 3 heteroatoms. The van der Waals surface area contributed by atoms with Gasteiger partial charge < -0.3 is 5.32 Å². The lowest BCUT2D eigenvalue weighted by molar-refractivity contribution is -0.121. The number of nitrogens with one attached hydrogen (secondary N) is 1. The molecule has 3 unspecified atom stereocenters. The summed E-state index contributed by atoms with van der Waals surface area (Å²) in [6.07, 6.45) is 6.47. The molecule has 0 aromatic heterocycles. The highest BCUT2D eigenvalue weighted by Gasteiger charge is 2.40. The van der Waals surface area contributed by atoms with Crippen LogP contribution in [0.1, 0.15) is 32.1 Å². The molecular weight excluding hydrogens is 212 g/mol. The van der Waals surface area contributed by atoms with E-state index >= 15 is 0 Å². The summed E-state index contributed by atoms with van der Waals surface area (Å²) in [5.74, 6) is 3.09. The highest BCUT2D eigenvalue weighted by Crippen LogP contribution is 2.49. The molecule has 0 spiro atoms. The maximum Gasteiger partial charge on any atom is 0.147 e. The van der Waals surface area contributed by atoms with Crippen LogP contribution in [0.4, 0.5) is 0 Å². The number of hydrogen-bond acceptors (Lipinski definition) is 3. The zero-order valence-electron chi connectivity index (χ0n) is 10.7. The van der Waals surface area contributed by atoms with Gasteiger partial charge in [0.2, 0.25) is 0 Å². The Labute approximate surface area is 104 Å². The van der Waals surface area contributed by atoms with E-state index in [1.165, 1.54) is 25.7 Å². The molecule has 96 valence electrons. The van der Waals surface area contributed by atoms with Crippen LogP contribution < -0.4 is 5.32 Å². The fraction of sp³-hybridized carbons (Fsp3) is 0.929. The Bertz CT molecular complexity index is 286. The van der Waals surface area contributed by atoms with Gasteiger partial charge in [-0.2, -0.15) is 0 Å². The number of nitrogens with zero attached hydrogens (tertiary/aromatic N) is 1. The fourth-order valence-electron chi connectivity index (χ4n) is 4.10. The van der Waals surface area contributed by atoms with Gasteiger partial charge in [-0.3, -0.25) is 9.69 Å². The average molecular weight is 236 g/mol. The lowest BCUT2D eigenvalue weighted by atomic mass is 9.85. The summed E-state index contributed by atoms with van der Waals surface area (Å²) in [6, 6.07) is 0. The van der Waals surface area contributed by atoms with E-state index in [1.54, 1.807) is 0 Å². The van der Waals surface area contributed by atoms with E-state index in [1.807, 2.05) is 0 Å². The van der Waals surface area contributed by atoms with E-state index in [2.05, 4.69) is 10.2 Å². The average Bonchev–Trinajstić information content (AvgIpc) is 2.92. The Balaban J connectivity index is 1.44. The van der Waals surface area contributed by atoms with E-state index in [0.29, 0.717) is 12.3 Å². The van der Waals surface area contributed by atoms with Crippen molar-refractivity contribution in [2.75, 3.05) is 32.7 Å². The Kier molecular flexibility index (Phi) is 3.48. The number of piperazine rings is 1. The molecule has 2 saturated carbocycles. The number of Topliss-reactive ketones (excluding diaryl/α,β-unsaturated/α-hetero) is 1. The van der Waals surface area contributed by atoms with Gasteiger partial charge >= 0.3 is 0 Å². The van der Waals surface area contributed by atoms with E-state index in [-0.39, 0.29) is 0 Å². The SMILES string of the molecule is O=C(CC1CC2CCC1C2)CN1CCNCC1. The molecule has 3 nitrogen and oxygen atoms in total. The molecule has 0 amide bonds. The Morgan fingerprint density at radius 3 is 2.65 bits per heavy atom. The first kappa shape index (κ1) is 11.7. The van der Waals surface area contributed by atoms with Gasteiger partial charge in [-0.15, -0.1) is 0 Å². The van der Waals surface area contributed by atoms with Crippen molar-refractivity contribution >= 4 is 5.78 Å². The number of hydrogen-bond donors (Lipinski definition) is 1. The van der Waals surface area contributed by atoms with Crippen molar-refractivity contribution in [3.05, 3.63) is 0 Å². The van der Waals surface area contributed by atoms with Crippen LogP contribution in [-0.4, -0.2) is 43.4 Å². The summed E-state index contributed by atoms with van der Waals surface area (Å²) < 4.78 is 0. The van der Waals surface area contributed by atoms with Crippen molar-refractivity contribution in [1.29, 1.82) is 0 Å². The van der Waals surface area contributed by atoms with Gasteiger partial charge in [-0.25, -0.2) is 0 Å². The van der Waals surface area contributed by atoms with Crippen molar-refractivity contribution in [2.45, 2.75) is 32.1 Å². The topological polar surface area (TPSA) is 32.3 Å². The molecule has 0 radical (unpaired) electrons. The van der Waals surface area contributed by atoms with Gasteiger partial charge in [0.05, 0.1) is 6.54 Å². The molecule has 3 fully saturated rings. The molecule has 1 saturated heterocycles. The maximum absolute atomic E-state index is 12.1. The van der Waals surface area contributed by atoms with Gasteiger partial charge in [0.15, 0.2) is 0 Å². The molecule has 3 aliphatic rings. The Morgan fingerprint density at radius 2 is 2.00 bits per heavy atom. The van der Waals surface area contributed by atoms with E-state index in [9.17, 15) is 4.79 Å². The van der Waals surface area contributed by atoms with Crippen LogP contribution in [0.25, 0.3) is 0 Å². The van der Waals surface area contributed by atoms with Crippen LogP contribution in [0, 0.1) is 17.8 Å². The van der Waals surface area contributed by atoms with Gasteiger partial charge in [0, 0.05) is 32.6 Å². The van der Waals surface area contributed by atoms with Crippen LogP contribution in [0.2, 0.25) is 0 Å². The van der Waals surface area contributed by atoms with Crippen LogP contribution in [0.15, 0.2) is 0 Å². The molecule has 2 bridgehead atoms. The monoisotopic (exact) mass is 236 g/mol. The molecule has 0 aromatic carbocycles. The molecule has 1 N–H and O–H groups in total. The van der Waals surface area contributed by atoms with Gasteiger partial charge in [0.1, 0.15) is 5.78 Å². The van der Waals surface area contributed by atoms with Crippen molar-refractivity contribution in [3.63, 3.8) is 0 Å². The summed E-state index contributed by atoms with van der Waals surface area (Å²) in [4.78, 5) is 14.4. The maximum atomic E-state index is 12.1. The summed E-state index contributed by atoms with van der Waals surface area (Å²) in [7, 11) is 0. The minimum absolute atomic E-state index is 0.490. The summed E-state index contributed by atoms with van der Waals surface area (Å²) >= 11 is 0. The Hall–Kier alpha value is -0.410. The van der Waals surface area contributed by atoms with Gasteiger partial charge in [-0.1, -0.05) is 6.42 Å². The van der Waals surface area contributed by atoms with Crippen molar-refractivity contribution < 1.29 is 4.79 Å². The number of carbonyl (C=O) groups excluding carboxylic acids is 1. The summed E-state index contributed by atoms with van der Waals surface area (Å²) in [6.45, 7) is 4.88. The first-order chi connectivity index (χ1) is 8.31. The second-order valence-corrected chi connectivity index (χ2v) is 6.20. The molecule has 1 aliphatic heterocycles. The van der Waals surface area contributed by atoms with Crippen LogP contribution in [-0.2, 0) is 4.79 Å². The zero-order valence-corrected chi connectivity index (χ0v) is 10.7. The number of fused-ring (bicyclic) bond motifs is 2. The van der Waals surface area contributed by atoms with Gasteiger partial charge in [0.25, 0.3) is 0 Å². The van der Waals surface area contributed by atoms with Crippen LogP contribution in [0.3, 0.4) is 0 Å². The third-order valence-corrected chi connectivity index (χ3v) is 4.98. The smallest absolute Gasteiger partial charge is 0.147 e.